The maximum absolute atomic E-state index is 14.9. The molecule has 1 fully saturated rings. The van der Waals surface area contributed by atoms with Gasteiger partial charge in [-0.25, -0.2) is 12.8 Å². The zero-order valence-electron chi connectivity index (χ0n) is 22.3. The summed E-state index contributed by atoms with van der Waals surface area (Å²) in [5, 5.41) is 3.09. The molecular weight excluding hydrogens is 597 g/mol. The topological polar surface area (TPSA) is 86.8 Å². The fraction of sp³-hybridized carbons (Fsp3) is 0.333. The minimum absolute atomic E-state index is 0.00368. The van der Waals surface area contributed by atoms with Crippen molar-refractivity contribution >= 4 is 43.5 Å². The standard InChI is InChI=1S/C30H33BrFN3O4S/c1-40(38,39)35(27-18-10-8-16-25(27)31)21-29(36)34(20-23-13-5-9-17-26(23)32)28(19-22-11-3-2-4-12-22)30(37)33-24-14-6-7-15-24/h2-5,8-13,16-18,24,28H,6-7,14-15,19-21H2,1H3,(H,33,37). The fourth-order valence-corrected chi connectivity index (χ4v) is 6.46. The van der Waals surface area contributed by atoms with Crippen LogP contribution in [0.1, 0.15) is 36.8 Å². The SMILES string of the molecule is CS(=O)(=O)N(CC(=O)N(Cc1ccccc1F)C(Cc1ccccc1)C(=O)NC1CCCC1)c1ccccc1Br. The molecule has 3 aromatic carbocycles. The summed E-state index contributed by atoms with van der Waals surface area (Å²) in [6, 6.07) is 21.1. The Kier molecular flexibility index (Phi) is 9.97. The van der Waals surface area contributed by atoms with E-state index in [0.717, 1.165) is 41.8 Å². The Labute approximate surface area is 243 Å². The Bertz CT molecular complexity index is 1430. The molecule has 7 nitrogen and oxygen atoms in total. The molecule has 1 N–H and O–H groups in total. The van der Waals surface area contributed by atoms with Gasteiger partial charge < -0.3 is 10.2 Å². The van der Waals surface area contributed by atoms with E-state index in [1.54, 1.807) is 42.5 Å². The Hall–Kier alpha value is -3.24. The molecule has 3 aromatic rings. The fourth-order valence-electron chi connectivity index (χ4n) is 4.98. The van der Waals surface area contributed by atoms with Gasteiger partial charge >= 0.3 is 0 Å². The smallest absolute Gasteiger partial charge is 0.244 e. The Morgan fingerprint density at radius 1 is 0.975 bits per heavy atom. The van der Waals surface area contributed by atoms with Gasteiger partial charge in [0.1, 0.15) is 18.4 Å². The normalized spacial score (nSPS) is 14.5. The predicted octanol–water partition coefficient (Wildman–Crippen LogP) is 5.05. The lowest BCUT2D eigenvalue weighted by Gasteiger charge is -2.34. The number of nitrogens with zero attached hydrogens (tertiary/aromatic N) is 2. The molecule has 4 rings (SSSR count). The number of anilines is 1. The summed E-state index contributed by atoms with van der Waals surface area (Å²) in [5.41, 5.74) is 1.35. The lowest BCUT2D eigenvalue weighted by molar-refractivity contribution is -0.140. The van der Waals surface area contributed by atoms with Crippen LogP contribution in [0.25, 0.3) is 0 Å². The quantitative estimate of drug-likeness (QED) is 0.321. The van der Waals surface area contributed by atoms with E-state index in [9.17, 15) is 22.4 Å². The largest absolute Gasteiger partial charge is 0.352 e. The molecule has 0 heterocycles. The van der Waals surface area contributed by atoms with E-state index in [-0.39, 0.29) is 30.5 Å². The average molecular weight is 631 g/mol. The second-order valence-corrected chi connectivity index (χ2v) is 12.8. The first-order valence-electron chi connectivity index (χ1n) is 13.2. The van der Waals surface area contributed by atoms with Gasteiger partial charge in [-0.15, -0.1) is 0 Å². The molecule has 10 heteroatoms. The van der Waals surface area contributed by atoms with E-state index in [1.807, 2.05) is 30.3 Å². The lowest BCUT2D eigenvalue weighted by Crippen LogP contribution is -2.54. The van der Waals surface area contributed by atoms with E-state index in [1.165, 1.54) is 11.0 Å². The van der Waals surface area contributed by atoms with Gasteiger partial charge in [-0.05, 0) is 52.5 Å². The molecule has 212 valence electrons. The summed E-state index contributed by atoms with van der Waals surface area (Å²) in [4.78, 5) is 29.2. The molecular formula is C30H33BrFN3O4S. The van der Waals surface area contributed by atoms with Crippen LogP contribution in [0.3, 0.4) is 0 Å². The van der Waals surface area contributed by atoms with Crippen molar-refractivity contribution in [1.29, 1.82) is 0 Å². The van der Waals surface area contributed by atoms with Crippen molar-refractivity contribution in [3.63, 3.8) is 0 Å². The molecule has 1 aliphatic carbocycles. The molecule has 1 atom stereocenters. The first-order chi connectivity index (χ1) is 19.1. The maximum Gasteiger partial charge on any atom is 0.244 e. The number of sulfonamides is 1. The molecule has 0 radical (unpaired) electrons. The van der Waals surface area contributed by atoms with Crippen LogP contribution in [-0.4, -0.2) is 50.0 Å². The molecule has 1 aliphatic rings. The third-order valence-electron chi connectivity index (χ3n) is 7.07. The van der Waals surface area contributed by atoms with Crippen LogP contribution in [-0.2, 0) is 32.6 Å². The lowest BCUT2D eigenvalue weighted by atomic mass is 10.0. The highest BCUT2D eigenvalue weighted by Gasteiger charge is 2.34. The first kappa shape index (κ1) is 29.7. The zero-order chi connectivity index (χ0) is 28.7. The number of amides is 2. The van der Waals surface area contributed by atoms with Crippen molar-refractivity contribution < 1.29 is 22.4 Å². The van der Waals surface area contributed by atoms with Crippen LogP contribution in [0.5, 0.6) is 0 Å². The summed E-state index contributed by atoms with van der Waals surface area (Å²) in [6.07, 6.45) is 4.95. The number of benzene rings is 3. The van der Waals surface area contributed by atoms with Crippen molar-refractivity contribution in [3.8, 4) is 0 Å². The highest BCUT2D eigenvalue weighted by Crippen LogP contribution is 2.28. The maximum atomic E-state index is 14.9. The number of hydrogen-bond acceptors (Lipinski definition) is 4. The minimum Gasteiger partial charge on any atom is -0.352 e. The van der Waals surface area contributed by atoms with E-state index < -0.39 is 34.3 Å². The summed E-state index contributed by atoms with van der Waals surface area (Å²) >= 11 is 3.38. The second-order valence-electron chi connectivity index (χ2n) is 10.0. The molecule has 2 amide bonds. The van der Waals surface area contributed by atoms with Gasteiger partial charge in [-0.3, -0.25) is 13.9 Å². The number of carbonyl (C=O) groups is 2. The minimum atomic E-state index is -3.89. The molecule has 0 bridgehead atoms. The van der Waals surface area contributed by atoms with Crippen LogP contribution >= 0.6 is 15.9 Å². The number of para-hydroxylation sites is 1. The molecule has 40 heavy (non-hydrogen) atoms. The van der Waals surface area contributed by atoms with E-state index in [0.29, 0.717) is 10.2 Å². The van der Waals surface area contributed by atoms with Gasteiger partial charge in [0.2, 0.25) is 21.8 Å². The van der Waals surface area contributed by atoms with Gasteiger partial charge in [0, 0.05) is 29.0 Å². The number of hydrogen-bond donors (Lipinski definition) is 1. The van der Waals surface area contributed by atoms with E-state index in [4.69, 9.17) is 0 Å². The van der Waals surface area contributed by atoms with Crippen LogP contribution in [0.4, 0.5) is 10.1 Å². The number of nitrogens with one attached hydrogen (secondary N) is 1. The van der Waals surface area contributed by atoms with Crippen LogP contribution in [0.15, 0.2) is 83.3 Å². The van der Waals surface area contributed by atoms with Crippen molar-refractivity contribution in [3.05, 3.63) is 100 Å². The monoisotopic (exact) mass is 629 g/mol. The van der Waals surface area contributed by atoms with Gasteiger partial charge in [-0.1, -0.05) is 73.5 Å². The van der Waals surface area contributed by atoms with Gasteiger partial charge in [0.05, 0.1) is 11.9 Å². The van der Waals surface area contributed by atoms with Crippen LogP contribution in [0, 0.1) is 5.82 Å². The molecule has 0 aromatic heterocycles. The van der Waals surface area contributed by atoms with Crippen molar-refractivity contribution in [2.75, 3.05) is 17.1 Å². The molecule has 0 spiro atoms. The Morgan fingerprint density at radius 3 is 2.25 bits per heavy atom. The van der Waals surface area contributed by atoms with E-state index in [2.05, 4.69) is 21.2 Å². The van der Waals surface area contributed by atoms with Gasteiger partial charge in [0.15, 0.2) is 0 Å². The third-order valence-corrected chi connectivity index (χ3v) is 8.87. The summed E-state index contributed by atoms with van der Waals surface area (Å²) < 4.78 is 42.1. The number of halogens is 2. The molecule has 1 unspecified atom stereocenters. The summed E-state index contributed by atoms with van der Waals surface area (Å²) in [6.45, 7) is -0.757. The second kappa shape index (κ2) is 13.4. The van der Waals surface area contributed by atoms with Crippen molar-refractivity contribution in [2.24, 2.45) is 0 Å². The summed E-state index contributed by atoms with van der Waals surface area (Å²) in [7, 11) is -3.89. The summed E-state index contributed by atoms with van der Waals surface area (Å²) in [5.74, 6) is -1.47. The van der Waals surface area contributed by atoms with Crippen LogP contribution in [0.2, 0.25) is 0 Å². The van der Waals surface area contributed by atoms with Crippen molar-refractivity contribution in [1.82, 2.24) is 10.2 Å². The molecule has 0 saturated heterocycles. The van der Waals surface area contributed by atoms with Gasteiger partial charge in [0.25, 0.3) is 0 Å². The first-order valence-corrected chi connectivity index (χ1v) is 15.9. The number of rotatable bonds is 11. The van der Waals surface area contributed by atoms with Gasteiger partial charge in [-0.2, -0.15) is 0 Å². The highest BCUT2D eigenvalue weighted by molar-refractivity contribution is 9.10. The molecule has 1 saturated carbocycles. The number of carbonyl (C=O) groups excluding carboxylic acids is 2. The third kappa shape index (κ3) is 7.69. The van der Waals surface area contributed by atoms with Crippen LogP contribution < -0.4 is 9.62 Å². The Morgan fingerprint density at radius 2 is 1.60 bits per heavy atom. The van der Waals surface area contributed by atoms with E-state index >= 15 is 0 Å². The highest BCUT2D eigenvalue weighted by atomic mass is 79.9. The Balaban J connectivity index is 1.74. The predicted molar refractivity (Wildman–Crippen MR) is 158 cm³/mol. The average Bonchev–Trinajstić information content (AvgIpc) is 3.43. The zero-order valence-corrected chi connectivity index (χ0v) is 24.7. The molecule has 0 aliphatic heterocycles. The van der Waals surface area contributed by atoms with Crippen molar-refractivity contribution in [2.45, 2.75) is 50.7 Å².